The number of amides is 1. The predicted octanol–water partition coefficient (Wildman–Crippen LogP) is 4.39. The average molecular weight is 461 g/mol. The maximum absolute atomic E-state index is 13.8. The lowest BCUT2D eigenvalue weighted by Gasteiger charge is -2.50. The van der Waals surface area contributed by atoms with Crippen LogP contribution in [0.1, 0.15) is 44.7 Å². The van der Waals surface area contributed by atoms with Crippen LogP contribution in [0.5, 0.6) is 0 Å². The quantitative estimate of drug-likeness (QED) is 0.631. The molecule has 6 heteroatoms. The van der Waals surface area contributed by atoms with Gasteiger partial charge in [0.05, 0.1) is 11.9 Å². The number of nitrogens with zero attached hydrogens (tertiary/aromatic N) is 4. The number of carbonyl (C=O) groups is 1. The fourth-order valence-electron chi connectivity index (χ4n) is 7.93. The Morgan fingerprint density at radius 3 is 1.94 bits per heavy atom. The van der Waals surface area contributed by atoms with Gasteiger partial charge in [-0.2, -0.15) is 0 Å². The summed E-state index contributed by atoms with van der Waals surface area (Å²) in [5.41, 5.74) is 4.12. The third-order valence-corrected chi connectivity index (χ3v) is 8.84. The van der Waals surface area contributed by atoms with Gasteiger partial charge < -0.3 is 9.64 Å². The number of likely N-dealkylation sites (N-methyl/N-ethyl adjacent to an activating group) is 3. The van der Waals surface area contributed by atoms with Gasteiger partial charge in [-0.1, -0.05) is 36.4 Å². The van der Waals surface area contributed by atoms with E-state index in [2.05, 4.69) is 84.4 Å². The van der Waals surface area contributed by atoms with Crippen molar-refractivity contribution >= 4 is 17.5 Å². The Bertz CT molecular complexity index is 1160. The van der Waals surface area contributed by atoms with Crippen molar-refractivity contribution in [1.29, 1.82) is 0 Å². The van der Waals surface area contributed by atoms with Gasteiger partial charge >= 0.3 is 6.09 Å². The molecule has 1 amide bonds. The molecule has 4 aliphatic heterocycles. The summed E-state index contributed by atoms with van der Waals surface area (Å²) < 4.78 is 6.00. The molecule has 0 bridgehead atoms. The van der Waals surface area contributed by atoms with E-state index < -0.39 is 5.60 Å². The van der Waals surface area contributed by atoms with E-state index in [4.69, 9.17) is 4.74 Å². The van der Waals surface area contributed by atoms with E-state index in [0.717, 1.165) is 31.6 Å². The zero-order valence-corrected chi connectivity index (χ0v) is 21.2. The molecule has 0 saturated carbocycles. The summed E-state index contributed by atoms with van der Waals surface area (Å²) in [6.07, 6.45) is 1.98. The highest BCUT2D eigenvalue weighted by molar-refractivity contribution is 5.93. The zero-order chi connectivity index (χ0) is 24.0. The molecule has 2 aromatic rings. The molecule has 0 spiro atoms. The van der Waals surface area contributed by atoms with Gasteiger partial charge in [-0.25, -0.2) is 4.79 Å². The maximum Gasteiger partial charge on any atom is 0.416 e. The second-order valence-electron chi connectivity index (χ2n) is 11.6. The van der Waals surface area contributed by atoms with Crippen molar-refractivity contribution in [3.05, 3.63) is 59.7 Å². The van der Waals surface area contributed by atoms with Crippen LogP contribution in [0.15, 0.2) is 48.5 Å². The summed E-state index contributed by atoms with van der Waals surface area (Å²) in [5, 5.41) is 0. The van der Waals surface area contributed by atoms with Crippen molar-refractivity contribution in [1.82, 2.24) is 9.80 Å². The monoisotopic (exact) mass is 460 g/mol. The van der Waals surface area contributed by atoms with Gasteiger partial charge in [0.15, 0.2) is 0 Å². The van der Waals surface area contributed by atoms with Crippen LogP contribution in [0.2, 0.25) is 0 Å². The number of likely N-dealkylation sites (tertiary alicyclic amines) is 2. The third kappa shape index (κ3) is 2.51. The van der Waals surface area contributed by atoms with Crippen molar-refractivity contribution in [2.75, 3.05) is 44.0 Å². The molecular formula is C28H36N4O2. The molecule has 4 aliphatic rings. The SMILES string of the molecule is CN1CC[C@@]2([C@@]34CCN(C)[C@@H]3N(C(=O)OC(C)(C)C)c3ccccc34)c3ccccc3N(C)[C@@H]12. The van der Waals surface area contributed by atoms with Crippen molar-refractivity contribution in [2.24, 2.45) is 0 Å². The Kier molecular flexibility index (Phi) is 4.50. The number of hydrogen-bond donors (Lipinski definition) is 0. The van der Waals surface area contributed by atoms with Crippen molar-refractivity contribution < 1.29 is 9.53 Å². The van der Waals surface area contributed by atoms with E-state index in [0.29, 0.717) is 0 Å². The van der Waals surface area contributed by atoms with Gasteiger partial charge in [0.2, 0.25) is 0 Å². The van der Waals surface area contributed by atoms with E-state index in [1.807, 2.05) is 25.7 Å². The fraction of sp³-hybridized carbons (Fsp3) is 0.536. The van der Waals surface area contributed by atoms with Crippen molar-refractivity contribution in [3.63, 3.8) is 0 Å². The molecule has 2 aromatic carbocycles. The smallest absolute Gasteiger partial charge is 0.416 e. The van der Waals surface area contributed by atoms with E-state index in [1.54, 1.807) is 0 Å². The molecule has 6 rings (SSSR count). The summed E-state index contributed by atoms with van der Waals surface area (Å²) in [6.45, 7) is 7.82. The van der Waals surface area contributed by atoms with Crippen LogP contribution >= 0.6 is 0 Å². The third-order valence-electron chi connectivity index (χ3n) is 8.84. The molecule has 0 N–H and O–H groups in total. The summed E-state index contributed by atoms with van der Waals surface area (Å²) in [7, 11) is 6.67. The number of anilines is 2. The normalized spacial score (nSPS) is 32.5. The van der Waals surface area contributed by atoms with Gasteiger partial charge in [0.25, 0.3) is 0 Å². The van der Waals surface area contributed by atoms with Gasteiger partial charge in [0.1, 0.15) is 11.8 Å². The minimum atomic E-state index is -0.553. The van der Waals surface area contributed by atoms with E-state index in [-0.39, 0.29) is 29.3 Å². The minimum Gasteiger partial charge on any atom is -0.443 e. The number of ether oxygens (including phenoxy) is 1. The minimum absolute atomic E-state index is 0.0895. The summed E-state index contributed by atoms with van der Waals surface area (Å²) in [6, 6.07) is 17.5. The predicted molar refractivity (Wildman–Crippen MR) is 135 cm³/mol. The van der Waals surface area contributed by atoms with Crippen LogP contribution in [0.3, 0.4) is 0 Å². The Morgan fingerprint density at radius 2 is 1.32 bits per heavy atom. The molecule has 6 nitrogen and oxygen atoms in total. The highest BCUT2D eigenvalue weighted by Crippen LogP contribution is 2.68. The first-order valence-electron chi connectivity index (χ1n) is 12.5. The molecule has 34 heavy (non-hydrogen) atoms. The molecule has 2 fully saturated rings. The maximum atomic E-state index is 13.8. The van der Waals surface area contributed by atoms with Crippen LogP contribution in [0, 0.1) is 0 Å². The van der Waals surface area contributed by atoms with Crippen LogP contribution < -0.4 is 9.80 Å². The van der Waals surface area contributed by atoms with Gasteiger partial charge in [-0.15, -0.1) is 0 Å². The average Bonchev–Trinajstić information content (AvgIpc) is 3.47. The molecule has 0 aromatic heterocycles. The molecule has 180 valence electrons. The number of carbonyl (C=O) groups excluding carboxylic acids is 1. The first-order valence-corrected chi connectivity index (χ1v) is 12.5. The van der Waals surface area contributed by atoms with Gasteiger partial charge in [0, 0.05) is 36.7 Å². The van der Waals surface area contributed by atoms with Crippen LogP contribution in [0.4, 0.5) is 16.2 Å². The van der Waals surface area contributed by atoms with E-state index in [1.165, 1.54) is 16.8 Å². The molecule has 0 aliphatic carbocycles. The lowest BCUT2D eigenvalue weighted by Crippen LogP contribution is -2.63. The Hall–Kier alpha value is -2.57. The molecule has 0 unspecified atom stereocenters. The van der Waals surface area contributed by atoms with Crippen LogP contribution in [-0.4, -0.2) is 68.1 Å². The fourth-order valence-corrected chi connectivity index (χ4v) is 7.93. The lowest BCUT2D eigenvalue weighted by atomic mass is 9.55. The summed E-state index contributed by atoms with van der Waals surface area (Å²) in [4.78, 5) is 23.1. The largest absolute Gasteiger partial charge is 0.443 e. The zero-order valence-electron chi connectivity index (χ0n) is 21.2. The van der Waals surface area contributed by atoms with Gasteiger partial charge in [-0.3, -0.25) is 14.7 Å². The molecule has 2 saturated heterocycles. The van der Waals surface area contributed by atoms with Gasteiger partial charge in [-0.05, 0) is 71.0 Å². The Morgan fingerprint density at radius 1 is 0.824 bits per heavy atom. The summed E-state index contributed by atoms with van der Waals surface area (Å²) >= 11 is 0. The number of fused-ring (bicyclic) bond motifs is 7. The molecule has 4 heterocycles. The number of rotatable bonds is 1. The van der Waals surface area contributed by atoms with E-state index >= 15 is 0 Å². The molecular weight excluding hydrogens is 424 g/mol. The topological polar surface area (TPSA) is 39.3 Å². The highest BCUT2D eigenvalue weighted by Gasteiger charge is 2.74. The number of benzene rings is 2. The first-order chi connectivity index (χ1) is 16.1. The second-order valence-corrected chi connectivity index (χ2v) is 11.6. The van der Waals surface area contributed by atoms with Crippen LogP contribution in [-0.2, 0) is 15.6 Å². The second kappa shape index (κ2) is 6.98. The van der Waals surface area contributed by atoms with Crippen molar-refractivity contribution in [2.45, 2.75) is 62.4 Å². The lowest BCUT2D eigenvalue weighted by molar-refractivity contribution is 0.0489. The summed E-state index contributed by atoms with van der Waals surface area (Å²) in [5.74, 6) is 0. The molecule has 4 atom stereocenters. The van der Waals surface area contributed by atoms with Crippen LogP contribution in [0.25, 0.3) is 0 Å². The Labute approximate surface area is 203 Å². The number of para-hydroxylation sites is 2. The van der Waals surface area contributed by atoms with E-state index in [9.17, 15) is 4.79 Å². The first kappa shape index (κ1) is 21.9. The number of hydrogen-bond acceptors (Lipinski definition) is 5. The Balaban J connectivity index is 1.63. The van der Waals surface area contributed by atoms with Crippen molar-refractivity contribution in [3.8, 4) is 0 Å². The standard InChI is InChI=1S/C28H36N4O2/c1-26(2,3)34-25(33)32-22-14-10-8-12-20(22)28(16-18-30(5)24(28)32)27-15-17-29(4)23(27)31(6)21-13-9-7-11-19(21)27/h7-14,23-24H,15-18H2,1-6H3/t23-,24-,27-,28-/m1/s1. The molecule has 0 radical (unpaired) electrons. The highest BCUT2D eigenvalue weighted by atomic mass is 16.6.